The molecule has 3 N–H and O–H groups in total. The van der Waals surface area contributed by atoms with Crippen molar-refractivity contribution in [1.82, 2.24) is 14.8 Å². The van der Waals surface area contributed by atoms with Gasteiger partial charge in [0.15, 0.2) is 5.96 Å². The number of aliphatic imine (C=N–C) groups is 1. The van der Waals surface area contributed by atoms with Crippen molar-refractivity contribution in [3.8, 4) is 0 Å². The molecule has 0 unspecified atom stereocenters. The molecule has 0 bridgehead atoms. The molecule has 20 heavy (non-hydrogen) atoms. The first kappa shape index (κ1) is 16.4. The number of aryl methyl sites for hydroxylation is 2. The van der Waals surface area contributed by atoms with Crippen LogP contribution in [0.4, 0.5) is 5.69 Å². The summed E-state index contributed by atoms with van der Waals surface area (Å²) in [5.41, 5.74) is 9.26. The molecule has 0 radical (unpaired) electrons. The second-order valence-corrected chi connectivity index (χ2v) is 4.35. The van der Waals surface area contributed by atoms with E-state index in [1.807, 2.05) is 6.07 Å². The fourth-order valence-corrected chi connectivity index (χ4v) is 1.63. The van der Waals surface area contributed by atoms with E-state index in [0.29, 0.717) is 19.0 Å². The highest BCUT2D eigenvalue weighted by molar-refractivity contribution is 14.0. The van der Waals surface area contributed by atoms with Crippen molar-refractivity contribution in [2.75, 3.05) is 11.9 Å². The van der Waals surface area contributed by atoms with Crippen molar-refractivity contribution in [2.24, 2.45) is 10.7 Å². The van der Waals surface area contributed by atoms with E-state index >= 15 is 0 Å². The van der Waals surface area contributed by atoms with E-state index in [1.54, 1.807) is 11.0 Å². The van der Waals surface area contributed by atoms with Gasteiger partial charge in [-0.2, -0.15) is 5.10 Å². The lowest BCUT2D eigenvalue weighted by Gasteiger charge is -2.08. The van der Waals surface area contributed by atoms with Gasteiger partial charge in [0.2, 0.25) is 0 Å². The van der Waals surface area contributed by atoms with Gasteiger partial charge in [-0.15, -0.1) is 24.0 Å². The Morgan fingerprint density at radius 3 is 2.80 bits per heavy atom. The summed E-state index contributed by atoms with van der Waals surface area (Å²) in [4.78, 5) is 8.10. The highest BCUT2D eigenvalue weighted by atomic mass is 127. The van der Waals surface area contributed by atoms with Gasteiger partial charge in [-0.1, -0.05) is 6.07 Å². The number of hydrogen-bond donors (Lipinski definition) is 2. The monoisotopic (exact) mass is 386 g/mol. The number of nitrogens with two attached hydrogens (primary N) is 1. The van der Waals surface area contributed by atoms with E-state index in [9.17, 15) is 0 Å². The molecule has 0 saturated carbocycles. The number of aromatic nitrogens is 3. The Labute approximate surface area is 135 Å². The van der Waals surface area contributed by atoms with Crippen LogP contribution < -0.4 is 11.1 Å². The van der Waals surface area contributed by atoms with Gasteiger partial charge >= 0.3 is 0 Å². The molecule has 0 spiro atoms. The fraction of sp³-hybridized carbons (Fsp3) is 0.308. The number of nitrogens with one attached hydrogen (secondary N) is 1. The molecule has 0 saturated heterocycles. The van der Waals surface area contributed by atoms with Crippen molar-refractivity contribution in [3.05, 3.63) is 42.0 Å². The molecule has 1 heterocycles. The molecular formula is C13H19IN6. The third-order valence-corrected chi connectivity index (χ3v) is 2.86. The van der Waals surface area contributed by atoms with Crippen LogP contribution in [0.2, 0.25) is 0 Å². The number of nitrogens with zero attached hydrogens (tertiary/aromatic N) is 4. The van der Waals surface area contributed by atoms with Gasteiger partial charge in [0.25, 0.3) is 0 Å². The van der Waals surface area contributed by atoms with Gasteiger partial charge in [0.1, 0.15) is 12.7 Å². The first-order valence-corrected chi connectivity index (χ1v) is 6.12. The lowest BCUT2D eigenvalue weighted by Crippen LogP contribution is -2.23. The van der Waals surface area contributed by atoms with E-state index in [1.165, 1.54) is 17.5 Å². The first-order chi connectivity index (χ1) is 9.15. The van der Waals surface area contributed by atoms with Gasteiger partial charge in [-0.3, -0.25) is 9.67 Å². The predicted molar refractivity (Wildman–Crippen MR) is 91.5 cm³/mol. The average molecular weight is 386 g/mol. The summed E-state index contributed by atoms with van der Waals surface area (Å²) in [5, 5.41) is 7.07. The van der Waals surface area contributed by atoms with E-state index in [-0.39, 0.29) is 24.0 Å². The van der Waals surface area contributed by atoms with Crippen molar-refractivity contribution in [3.63, 3.8) is 0 Å². The normalized spacial score (nSPS) is 11.0. The van der Waals surface area contributed by atoms with Crippen LogP contribution in [0.15, 0.2) is 35.8 Å². The quantitative estimate of drug-likeness (QED) is 0.478. The maximum atomic E-state index is 5.83. The molecule has 0 aliphatic carbocycles. The number of rotatable bonds is 4. The summed E-state index contributed by atoms with van der Waals surface area (Å²) in [6, 6.07) is 6.09. The Balaban J connectivity index is 0.00000200. The smallest absolute Gasteiger partial charge is 0.193 e. The van der Waals surface area contributed by atoms with Gasteiger partial charge in [-0.05, 0) is 37.1 Å². The zero-order chi connectivity index (χ0) is 13.7. The van der Waals surface area contributed by atoms with Crippen LogP contribution in [0.3, 0.4) is 0 Å². The lowest BCUT2D eigenvalue weighted by molar-refractivity contribution is 0.624. The highest BCUT2D eigenvalue weighted by Crippen LogP contribution is 2.13. The molecule has 0 aliphatic rings. The molecule has 7 heteroatoms. The number of halogens is 1. The SMILES string of the molecule is Cc1ccc(NC(N)=NCCn2cncn2)cc1C.I. The molecule has 6 nitrogen and oxygen atoms in total. The minimum Gasteiger partial charge on any atom is -0.370 e. The van der Waals surface area contributed by atoms with E-state index in [0.717, 1.165) is 5.69 Å². The number of guanidine groups is 1. The molecule has 0 atom stereocenters. The fourth-order valence-electron chi connectivity index (χ4n) is 1.63. The summed E-state index contributed by atoms with van der Waals surface area (Å²) in [6.07, 6.45) is 3.16. The second kappa shape index (κ2) is 7.83. The lowest BCUT2D eigenvalue weighted by atomic mass is 10.1. The molecule has 0 aliphatic heterocycles. The molecule has 1 aromatic heterocycles. The zero-order valence-corrected chi connectivity index (χ0v) is 13.9. The van der Waals surface area contributed by atoms with Crippen LogP contribution in [-0.4, -0.2) is 27.3 Å². The topological polar surface area (TPSA) is 81.1 Å². The number of benzene rings is 1. The first-order valence-electron chi connectivity index (χ1n) is 6.12. The van der Waals surface area contributed by atoms with Crippen LogP contribution in [0.25, 0.3) is 0 Å². The summed E-state index contributed by atoms with van der Waals surface area (Å²) >= 11 is 0. The largest absolute Gasteiger partial charge is 0.370 e. The van der Waals surface area contributed by atoms with Gasteiger partial charge < -0.3 is 11.1 Å². The third kappa shape index (κ3) is 4.80. The van der Waals surface area contributed by atoms with Gasteiger partial charge in [0, 0.05) is 5.69 Å². The summed E-state index contributed by atoms with van der Waals surface area (Å²) in [6.45, 7) is 5.37. The van der Waals surface area contributed by atoms with E-state index in [2.05, 4.69) is 46.4 Å². The van der Waals surface area contributed by atoms with E-state index in [4.69, 9.17) is 5.73 Å². The minimum atomic E-state index is 0. The Kier molecular flexibility index (Phi) is 6.43. The number of hydrogen-bond acceptors (Lipinski definition) is 3. The van der Waals surface area contributed by atoms with Crippen LogP contribution >= 0.6 is 24.0 Å². The van der Waals surface area contributed by atoms with Crippen molar-refractivity contribution < 1.29 is 0 Å². The van der Waals surface area contributed by atoms with Crippen LogP contribution in [0.5, 0.6) is 0 Å². The summed E-state index contributed by atoms with van der Waals surface area (Å²) < 4.78 is 1.72. The maximum Gasteiger partial charge on any atom is 0.193 e. The molecular weight excluding hydrogens is 367 g/mol. The highest BCUT2D eigenvalue weighted by Gasteiger charge is 1.98. The maximum absolute atomic E-state index is 5.83. The van der Waals surface area contributed by atoms with E-state index < -0.39 is 0 Å². The molecule has 1 aromatic carbocycles. The second-order valence-electron chi connectivity index (χ2n) is 4.35. The molecule has 0 amide bonds. The Bertz CT molecular complexity index is 564. The third-order valence-electron chi connectivity index (χ3n) is 2.86. The van der Waals surface area contributed by atoms with Crippen LogP contribution in [0, 0.1) is 13.8 Å². The zero-order valence-electron chi connectivity index (χ0n) is 11.6. The van der Waals surface area contributed by atoms with Crippen molar-refractivity contribution in [2.45, 2.75) is 20.4 Å². The van der Waals surface area contributed by atoms with Gasteiger partial charge in [0.05, 0.1) is 13.1 Å². The minimum absolute atomic E-state index is 0. The predicted octanol–water partition coefficient (Wildman–Crippen LogP) is 1.94. The molecule has 2 rings (SSSR count). The molecule has 108 valence electrons. The standard InChI is InChI=1S/C13H18N6.HI/c1-10-3-4-12(7-11(10)2)18-13(14)16-5-6-19-9-15-8-17-19;/h3-4,7-9H,5-6H2,1-2H3,(H3,14,16,18);1H. The van der Waals surface area contributed by atoms with Crippen LogP contribution in [-0.2, 0) is 6.54 Å². The summed E-state index contributed by atoms with van der Waals surface area (Å²) in [7, 11) is 0. The number of anilines is 1. The summed E-state index contributed by atoms with van der Waals surface area (Å²) in [5.74, 6) is 0.406. The van der Waals surface area contributed by atoms with Crippen molar-refractivity contribution in [1.29, 1.82) is 0 Å². The van der Waals surface area contributed by atoms with Crippen LogP contribution in [0.1, 0.15) is 11.1 Å². The Hall–Kier alpha value is -1.64. The van der Waals surface area contributed by atoms with Crippen molar-refractivity contribution >= 4 is 35.6 Å². The average Bonchev–Trinajstić information content (AvgIpc) is 2.87. The Morgan fingerprint density at radius 1 is 1.35 bits per heavy atom. The molecule has 0 fully saturated rings. The van der Waals surface area contributed by atoms with Gasteiger partial charge in [-0.25, -0.2) is 4.98 Å². The molecule has 2 aromatic rings. The Morgan fingerprint density at radius 2 is 2.15 bits per heavy atom.